The highest BCUT2D eigenvalue weighted by Crippen LogP contribution is 2.05. The fourth-order valence-electron chi connectivity index (χ4n) is 1.43. The molecular formula is C17H38N2O6. The molecular weight excluding hydrogens is 328 g/mol. The van der Waals surface area contributed by atoms with Crippen LogP contribution in [-0.2, 0) is 14.4 Å². The quantitative estimate of drug-likeness (QED) is 0.370. The second kappa shape index (κ2) is 30.2. The van der Waals surface area contributed by atoms with Gasteiger partial charge in [-0.2, -0.15) is 0 Å². The van der Waals surface area contributed by atoms with Crippen LogP contribution in [0.15, 0.2) is 0 Å². The number of carbonyl (C=O) groups is 3. The van der Waals surface area contributed by atoms with Crippen LogP contribution in [0.3, 0.4) is 0 Å². The van der Waals surface area contributed by atoms with Gasteiger partial charge in [0.1, 0.15) is 0 Å². The molecule has 0 aliphatic heterocycles. The van der Waals surface area contributed by atoms with Gasteiger partial charge in [0.05, 0.1) is 0 Å². The fraction of sp³-hybridized carbons (Fsp3) is 0.824. The molecule has 0 aromatic carbocycles. The average Bonchev–Trinajstić information content (AvgIpc) is 2.44. The zero-order valence-electron chi connectivity index (χ0n) is 16.2. The maximum absolute atomic E-state index is 9.00. The van der Waals surface area contributed by atoms with Gasteiger partial charge in [-0.05, 0) is 13.0 Å². The maximum atomic E-state index is 9.00. The van der Waals surface area contributed by atoms with Crippen molar-refractivity contribution < 1.29 is 29.7 Å². The van der Waals surface area contributed by atoms with Gasteiger partial charge in [-0.15, -0.1) is 0 Å². The van der Waals surface area contributed by atoms with Crippen molar-refractivity contribution in [3.05, 3.63) is 0 Å². The molecule has 0 saturated carbocycles. The molecule has 8 heteroatoms. The van der Waals surface area contributed by atoms with Gasteiger partial charge in [-0.25, -0.2) is 0 Å². The number of nitrogens with two attached hydrogens (primary N) is 1. The Hall–Kier alpha value is -1.67. The summed E-state index contributed by atoms with van der Waals surface area (Å²) in [6.45, 7) is 8.38. The lowest BCUT2D eigenvalue weighted by Crippen LogP contribution is -2.23. The summed E-state index contributed by atoms with van der Waals surface area (Å²) in [7, 11) is 0. The van der Waals surface area contributed by atoms with Gasteiger partial charge in [-0.1, -0.05) is 45.4 Å². The van der Waals surface area contributed by atoms with Gasteiger partial charge >= 0.3 is 0 Å². The van der Waals surface area contributed by atoms with Crippen LogP contribution in [0.1, 0.15) is 72.6 Å². The smallest absolute Gasteiger partial charge is 0.300 e. The van der Waals surface area contributed by atoms with Crippen molar-refractivity contribution in [3.8, 4) is 0 Å². The second-order valence-corrected chi connectivity index (χ2v) is 5.22. The third-order valence-electron chi connectivity index (χ3n) is 2.28. The van der Waals surface area contributed by atoms with Crippen molar-refractivity contribution in [1.82, 2.24) is 5.32 Å². The van der Waals surface area contributed by atoms with E-state index in [1.165, 1.54) is 44.9 Å². The van der Waals surface area contributed by atoms with Crippen LogP contribution in [0.2, 0.25) is 0 Å². The van der Waals surface area contributed by atoms with E-state index < -0.39 is 17.9 Å². The summed E-state index contributed by atoms with van der Waals surface area (Å²) in [5.41, 5.74) is 5.36. The zero-order chi connectivity index (χ0) is 20.5. The summed E-state index contributed by atoms with van der Waals surface area (Å²) in [4.78, 5) is 27.0. The number of aliphatic carboxylic acids is 3. The van der Waals surface area contributed by atoms with E-state index >= 15 is 0 Å². The van der Waals surface area contributed by atoms with E-state index in [9.17, 15) is 0 Å². The van der Waals surface area contributed by atoms with E-state index in [1.54, 1.807) is 0 Å². The molecule has 0 aromatic rings. The molecule has 0 saturated heterocycles. The lowest BCUT2D eigenvalue weighted by Gasteiger charge is -2.02. The highest BCUT2D eigenvalue weighted by atomic mass is 16.4. The van der Waals surface area contributed by atoms with Gasteiger partial charge < -0.3 is 26.4 Å². The van der Waals surface area contributed by atoms with Gasteiger partial charge in [-0.3, -0.25) is 14.4 Å². The minimum absolute atomic E-state index is 0.760. The van der Waals surface area contributed by atoms with Crippen LogP contribution in [0.25, 0.3) is 0 Å². The Bertz CT molecular complexity index is 248. The van der Waals surface area contributed by atoms with Crippen molar-refractivity contribution in [2.24, 2.45) is 5.73 Å². The molecule has 0 aromatic heterocycles. The summed E-state index contributed by atoms with van der Waals surface area (Å²) in [6.07, 6.45) is 9.69. The van der Waals surface area contributed by atoms with E-state index in [4.69, 9.17) is 35.4 Å². The van der Waals surface area contributed by atoms with E-state index in [1.807, 2.05) is 0 Å². The molecule has 0 heterocycles. The minimum atomic E-state index is -0.833. The number of hydrogen-bond acceptors (Lipinski definition) is 5. The Morgan fingerprint density at radius 3 is 1.36 bits per heavy atom. The first-order valence-electron chi connectivity index (χ1n) is 8.61. The van der Waals surface area contributed by atoms with E-state index in [2.05, 4.69) is 12.2 Å². The molecule has 8 nitrogen and oxygen atoms in total. The lowest BCUT2D eigenvalue weighted by molar-refractivity contribution is -0.135. The Labute approximate surface area is 151 Å². The normalized spacial score (nSPS) is 8.52. The molecule has 0 amide bonds. The van der Waals surface area contributed by atoms with E-state index in [0.717, 1.165) is 40.4 Å². The van der Waals surface area contributed by atoms with Crippen LogP contribution in [-0.4, -0.2) is 52.9 Å². The third kappa shape index (κ3) is 133. The molecule has 6 N–H and O–H groups in total. The molecule has 0 radical (unpaired) electrons. The molecule has 0 atom stereocenters. The van der Waals surface area contributed by atoms with Crippen LogP contribution in [0, 0.1) is 0 Å². The van der Waals surface area contributed by atoms with Crippen LogP contribution >= 0.6 is 0 Å². The lowest BCUT2D eigenvalue weighted by atomic mass is 10.1. The largest absolute Gasteiger partial charge is 0.481 e. The molecule has 0 bridgehead atoms. The van der Waals surface area contributed by atoms with Crippen LogP contribution in [0.5, 0.6) is 0 Å². The molecule has 25 heavy (non-hydrogen) atoms. The first-order chi connectivity index (χ1) is 11.6. The molecule has 152 valence electrons. The SMILES string of the molecule is CC(=O)O.CC(=O)O.CC(=O)O.CCCCCCCCCNCCN. The monoisotopic (exact) mass is 366 g/mol. The third-order valence-corrected chi connectivity index (χ3v) is 2.28. The molecule has 0 spiro atoms. The average molecular weight is 366 g/mol. The summed E-state index contributed by atoms with van der Waals surface area (Å²) in [6, 6.07) is 0. The summed E-state index contributed by atoms with van der Waals surface area (Å²) < 4.78 is 0. The van der Waals surface area contributed by atoms with Crippen molar-refractivity contribution in [1.29, 1.82) is 0 Å². The van der Waals surface area contributed by atoms with Gasteiger partial charge in [0.25, 0.3) is 17.9 Å². The zero-order valence-corrected chi connectivity index (χ0v) is 16.2. The van der Waals surface area contributed by atoms with Crippen molar-refractivity contribution in [3.63, 3.8) is 0 Å². The Balaban J connectivity index is -0.000000150. The predicted octanol–water partition coefficient (Wildman–Crippen LogP) is 2.56. The maximum Gasteiger partial charge on any atom is 0.300 e. The van der Waals surface area contributed by atoms with Gasteiger partial charge in [0.15, 0.2) is 0 Å². The Morgan fingerprint density at radius 1 is 0.720 bits per heavy atom. The van der Waals surface area contributed by atoms with Gasteiger partial charge in [0, 0.05) is 33.9 Å². The summed E-state index contributed by atoms with van der Waals surface area (Å²) in [5, 5.41) is 25.6. The Kier molecular flexibility index (Phi) is 37.7. The first kappa shape index (κ1) is 31.1. The van der Waals surface area contributed by atoms with Crippen molar-refractivity contribution in [2.75, 3.05) is 19.6 Å². The number of carboxylic acids is 3. The molecule has 0 unspecified atom stereocenters. The standard InChI is InChI=1S/C11H26N2.3C2H4O2/c1-2-3-4-5-6-7-8-10-13-11-9-12;3*1-2(3)4/h13H,2-12H2,1H3;3*1H3,(H,3,4). The molecule has 0 rings (SSSR count). The minimum Gasteiger partial charge on any atom is -0.481 e. The topological polar surface area (TPSA) is 150 Å². The van der Waals surface area contributed by atoms with Crippen molar-refractivity contribution in [2.45, 2.75) is 72.6 Å². The molecule has 0 aliphatic carbocycles. The summed E-state index contributed by atoms with van der Waals surface area (Å²) >= 11 is 0. The number of carboxylic acid groups (broad SMARTS) is 3. The van der Waals surface area contributed by atoms with Gasteiger partial charge in [0.2, 0.25) is 0 Å². The number of unbranched alkanes of at least 4 members (excludes halogenated alkanes) is 6. The number of hydrogen-bond donors (Lipinski definition) is 5. The fourth-order valence-corrected chi connectivity index (χ4v) is 1.43. The first-order valence-corrected chi connectivity index (χ1v) is 8.61. The van der Waals surface area contributed by atoms with E-state index in [-0.39, 0.29) is 0 Å². The van der Waals surface area contributed by atoms with Crippen molar-refractivity contribution >= 4 is 17.9 Å². The van der Waals surface area contributed by atoms with Crippen LogP contribution < -0.4 is 11.1 Å². The molecule has 0 fully saturated rings. The highest BCUT2D eigenvalue weighted by molar-refractivity contribution is 5.63. The Morgan fingerprint density at radius 2 is 1.04 bits per heavy atom. The predicted molar refractivity (Wildman–Crippen MR) is 99.8 cm³/mol. The van der Waals surface area contributed by atoms with E-state index in [0.29, 0.717) is 0 Å². The summed E-state index contributed by atoms with van der Waals surface area (Å²) in [5.74, 6) is -2.50. The highest BCUT2D eigenvalue weighted by Gasteiger charge is 1.90. The number of nitrogens with one attached hydrogen (secondary N) is 1. The number of rotatable bonds is 10. The second-order valence-electron chi connectivity index (χ2n) is 5.22. The van der Waals surface area contributed by atoms with Crippen LogP contribution in [0.4, 0.5) is 0 Å². The molecule has 0 aliphatic rings.